The Kier molecular flexibility index (Phi) is 4.37. The van der Waals surface area contributed by atoms with Crippen LogP contribution < -0.4 is 16.2 Å². The summed E-state index contributed by atoms with van der Waals surface area (Å²) in [6.07, 6.45) is 4.14. The van der Waals surface area contributed by atoms with Crippen LogP contribution in [0.15, 0.2) is 18.3 Å². The van der Waals surface area contributed by atoms with Crippen LogP contribution in [0, 0.1) is 0 Å². The number of nitrogen functional groups attached to an aromatic ring is 1. The molecule has 1 heterocycles. The maximum Gasteiger partial charge on any atom is 0.141 e. The molecule has 0 aliphatic carbocycles. The number of nitrogens with zero attached hydrogens (tertiary/aromatic N) is 2. The average Bonchev–Trinajstić information content (AvgIpc) is 2.28. The lowest BCUT2D eigenvalue weighted by Gasteiger charge is -2.26. The zero-order chi connectivity index (χ0) is 11.3. The molecule has 0 aliphatic heterocycles. The second kappa shape index (κ2) is 5.56. The second-order valence-electron chi connectivity index (χ2n) is 3.79. The maximum atomic E-state index is 5.32. The minimum Gasteiger partial charge on any atom is -0.372 e. The SMILES string of the molecule is CCCC(C)N(C)c1ccnc(NN)c1. The number of rotatable bonds is 5. The topological polar surface area (TPSA) is 54.2 Å². The molecule has 0 saturated carbocycles. The van der Waals surface area contributed by atoms with Gasteiger partial charge in [0.25, 0.3) is 0 Å². The lowest BCUT2D eigenvalue weighted by Crippen LogP contribution is -2.28. The summed E-state index contributed by atoms with van der Waals surface area (Å²) in [5.41, 5.74) is 3.69. The van der Waals surface area contributed by atoms with Crippen LogP contribution in [0.25, 0.3) is 0 Å². The van der Waals surface area contributed by atoms with Gasteiger partial charge in [-0.2, -0.15) is 0 Å². The Morgan fingerprint density at radius 3 is 2.93 bits per heavy atom. The minimum absolute atomic E-state index is 0.531. The van der Waals surface area contributed by atoms with Crippen LogP contribution in [0.4, 0.5) is 11.5 Å². The zero-order valence-electron chi connectivity index (χ0n) is 9.70. The van der Waals surface area contributed by atoms with E-state index in [-0.39, 0.29) is 0 Å². The summed E-state index contributed by atoms with van der Waals surface area (Å²) >= 11 is 0. The van der Waals surface area contributed by atoms with E-state index in [9.17, 15) is 0 Å². The summed E-state index contributed by atoms with van der Waals surface area (Å²) in [5.74, 6) is 6.02. The Bertz CT molecular complexity index is 300. The fourth-order valence-corrected chi connectivity index (χ4v) is 1.58. The number of hydrogen-bond acceptors (Lipinski definition) is 4. The van der Waals surface area contributed by atoms with Crippen LogP contribution in [-0.4, -0.2) is 18.1 Å². The first-order valence-electron chi connectivity index (χ1n) is 5.34. The van der Waals surface area contributed by atoms with E-state index in [0.29, 0.717) is 11.9 Å². The average molecular weight is 208 g/mol. The van der Waals surface area contributed by atoms with Crippen molar-refractivity contribution in [1.29, 1.82) is 0 Å². The first-order valence-corrected chi connectivity index (χ1v) is 5.34. The molecule has 3 N–H and O–H groups in total. The molecule has 1 aromatic rings. The van der Waals surface area contributed by atoms with Gasteiger partial charge in [-0.05, 0) is 19.4 Å². The molecule has 4 nitrogen and oxygen atoms in total. The van der Waals surface area contributed by atoms with Crippen molar-refractivity contribution in [2.75, 3.05) is 17.4 Å². The highest BCUT2D eigenvalue weighted by Crippen LogP contribution is 2.19. The largest absolute Gasteiger partial charge is 0.372 e. The Morgan fingerprint density at radius 1 is 1.60 bits per heavy atom. The van der Waals surface area contributed by atoms with Crippen molar-refractivity contribution >= 4 is 11.5 Å². The van der Waals surface area contributed by atoms with Crippen LogP contribution in [0.2, 0.25) is 0 Å². The van der Waals surface area contributed by atoms with Gasteiger partial charge >= 0.3 is 0 Å². The van der Waals surface area contributed by atoms with Crippen LogP contribution in [0.5, 0.6) is 0 Å². The van der Waals surface area contributed by atoms with Crippen molar-refractivity contribution in [1.82, 2.24) is 4.98 Å². The Labute approximate surface area is 91.5 Å². The van der Waals surface area contributed by atoms with Crippen molar-refractivity contribution in [3.63, 3.8) is 0 Å². The Hall–Kier alpha value is -1.29. The van der Waals surface area contributed by atoms with Crippen LogP contribution in [0.1, 0.15) is 26.7 Å². The van der Waals surface area contributed by atoms with E-state index in [2.05, 4.69) is 36.2 Å². The van der Waals surface area contributed by atoms with Crippen LogP contribution >= 0.6 is 0 Å². The van der Waals surface area contributed by atoms with Crippen molar-refractivity contribution in [3.8, 4) is 0 Å². The quantitative estimate of drug-likeness (QED) is 0.574. The number of anilines is 2. The maximum absolute atomic E-state index is 5.32. The summed E-state index contributed by atoms with van der Waals surface area (Å²) in [5, 5.41) is 0. The lowest BCUT2D eigenvalue weighted by atomic mass is 10.1. The third kappa shape index (κ3) is 3.09. The number of aromatic nitrogens is 1. The molecule has 0 spiro atoms. The molecule has 0 bridgehead atoms. The Balaban J connectivity index is 2.76. The summed E-state index contributed by atoms with van der Waals surface area (Å²) in [4.78, 5) is 6.32. The van der Waals surface area contributed by atoms with Crippen LogP contribution in [-0.2, 0) is 0 Å². The number of hydrogen-bond donors (Lipinski definition) is 2. The van der Waals surface area contributed by atoms with Gasteiger partial charge in [0, 0.05) is 31.0 Å². The summed E-state index contributed by atoms with van der Waals surface area (Å²) in [7, 11) is 2.09. The molecule has 0 fully saturated rings. The van der Waals surface area contributed by atoms with Gasteiger partial charge in [0.05, 0.1) is 0 Å². The monoisotopic (exact) mass is 208 g/mol. The summed E-state index contributed by atoms with van der Waals surface area (Å²) < 4.78 is 0. The third-order valence-electron chi connectivity index (χ3n) is 2.67. The zero-order valence-corrected chi connectivity index (χ0v) is 9.70. The number of nitrogens with one attached hydrogen (secondary N) is 1. The fraction of sp³-hybridized carbons (Fsp3) is 0.545. The van der Waals surface area contributed by atoms with Crippen molar-refractivity contribution < 1.29 is 0 Å². The van der Waals surface area contributed by atoms with Crippen molar-refractivity contribution in [3.05, 3.63) is 18.3 Å². The molecule has 84 valence electrons. The Morgan fingerprint density at radius 2 is 2.33 bits per heavy atom. The van der Waals surface area contributed by atoms with Gasteiger partial charge in [-0.25, -0.2) is 10.8 Å². The number of pyridine rings is 1. The first kappa shape index (κ1) is 11.8. The van der Waals surface area contributed by atoms with E-state index in [1.807, 2.05) is 12.1 Å². The highest BCUT2D eigenvalue weighted by molar-refractivity contribution is 5.53. The van der Waals surface area contributed by atoms with E-state index in [1.165, 1.54) is 12.8 Å². The highest BCUT2D eigenvalue weighted by Gasteiger charge is 2.09. The third-order valence-corrected chi connectivity index (χ3v) is 2.67. The van der Waals surface area contributed by atoms with E-state index in [1.54, 1.807) is 6.20 Å². The predicted octanol–water partition coefficient (Wildman–Crippen LogP) is 1.99. The fourth-order valence-electron chi connectivity index (χ4n) is 1.58. The molecular weight excluding hydrogens is 188 g/mol. The molecule has 0 aliphatic rings. The summed E-state index contributed by atoms with van der Waals surface area (Å²) in [6, 6.07) is 4.47. The molecule has 4 heteroatoms. The van der Waals surface area contributed by atoms with Gasteiger partial charge in [-0.15, -0.1) is 0 Å². The van der Waals surface area contributed by atoms with E-state index < -0.39 is 0 Å². The minimum atomic E-state index is 0.531. The molecule has 0 amide bonds. The van der Waals surface area contributed by atoms with Gasteiger partial charge < -0.3 is 10.3 Å². The number of hydrazine groups is 1. The van der Waals surface area contributed by atoms with Gasteiger partial charge in [-0.1, -0.05) is 13.3 Å². The van der Waals surface area contributed by atoms with Crippen molar-refractivity contribution in [2.45, 2.75) is 32.7 Å². The molecule has 0 radical (unpaired) electrons. The molecule has 1 unspecified atom stereocenters. The standard InChI is InChI=1S/C11H20N4/c1-4-5-9(2)15(3)10-6-7-13-11(8-10)14-12/h6-9H,4-5,12H2,1-3H3,(H,13,14). The summed E-state index contributed by atoms with van der Waals surface area (Å²) in [6.45, 7) is 4.42. The highest BCUT2D eigenvalue weighted by atomic mass is 15.2. The van der Waals surface area contributed by atoms with Gasteiger partial charge in [-0.3, -0.25) is 0 Å². The molecule has 1 atom stereocenters. The van der Waals surface area contributed by atoms with Gasteiger partial charge in [0.2, 0.25) is 0 Å². The molecule has 0 aromatic carbocycles. The van der Waals surface area contributed by atoms with E-state index in [4.69, 9.17) is 5.84 Å². The van der Waals surface area contributed by atoms with Crippen LogP contribution in [0.3, 0.4) is 0 Å². The molecular formula is C11H20N4. The second-order valence-corrected chi connectivity index (χ2v) is 3.79. The first-order chi connectivity index (χ1) is 7.19. The number of nitrogens with two attached hydrogens (primary N) is 1. The lowest BCUT2D eigenvalue weighted by molar-refractivity contribution is 0.616. The molecule has 1 aromatic heterocycles. The normalized spacial score (nSPS) is 12.3. The molecule has 1 rings (SSSR count). The van der Waals surface area contributed by atoms with Crippen molar-refractivity contribution in [2.24, 2.45) is 5.84 Å². The van der Waals surface area contributed by atoms with E-state index in [0.717, 1.165) is 5.69 Å². The predicted molar refractivity (Wildman–Crippen MR) is 64.8 cm³/mol. The molecule has 15 heavy (non-hydrogen) atoms. The van der Waals surface area contributed by atoms with Gasteiger partial charge in [0.15, 0.2) is 0 Å². The smallest absolute Gasteiger partial charge is 0.141 e. The molecule has 0 saturated heterocycles. The van der Waals surface area contributed by atoms with Gasteiger partial charge in [0.1, 0.15) is 5.82 Å². The van der Waals surface area contributed by atoms with E-state index >= 15 is 0 Å².